The highest BCUT2D eigenvalue weighted by molar-refractivity contribution is 5.84. The first kappa shape index (κ1) is 12.1. The molecule has 0 saturated heterocycles. The molecule has 0 aromatic heterocycles. The SMILES string of the molecule is C#CCCCNC(=O)C1C(C)(C)C1(C)C. The molecular weight excluding hydrogens is 186 g/mol. The molecule has 1 amide bonds. The maximum absolute atomic E-state index is 11.8. The van der Waals surface area contributed by atoms with E-state index < -0.39 is 0 Å². The lowest BCUT2D eigenvalue weighted by atomic mass is 10.0. The molecule has 84 valence electrons. The Balaban J connectivity index is 2.35. The van der Waals surface area contributed by atoms with Crippen molar-refractivity contribution in [2.24, 2.45) is 16.7 Å². The number of unbranched alkanes of at least 4 members (excludes halogenated alkanes) is 1. The number of terminal acetylenes is 1. The van der Waals surface area contributed by atoms with Gasteiger partial charge in [0.15, 0.2) is 0 Å². The van der Waals surface area contributed by atoms with E-state index >= 15 is 0 Å². The summed E-state index contributed by atoms with van der Waals surface area (Å²) in [5.74, 6) is 2.90. The minimum atomic E-state index is 0.128. The van der Waals surface area contributed by atoms with E-state index in [0.717, 1.165) is 12.8 Å². The molecule has 0 atom stereocenters. The lowest BCUT2D eigenvalue weighted by Crippen LogP contribution is -2.28. The number of rotatable bonds is 4. The predicted octanol–water partition coefficient (Wildman–Crippen LogP) is 2.20. The van der Waals surface area contributed by atoms with E-state index in [9.17, 15) is 4.79 Å². The minimum absolute atomic E-state index is 0.128. The molecule has 1 N–H and O–H groups in total. The van der Waals surface area contributed by atoms with Crippen molar-refractivity contribution in [3.05, 3.63) is 0 Å². The molecule has 1 aliphatic rings. The van der Waals surface area contributed by atoms with Crippen molar-refractivity contribution in [2.45, 2.75) is 40.5 Å². The summed E-state index contributed by atoms with van der Waals surface area (Å²) >= 11 is 0. The van der Waals surface area contributed by atoms with Crippen LogP contribution < -0.4 is 5.32 Å². The minimum Gasteiger partial charge on any atom is -0.356 e. The number of hydrogen-bond acceptors (Lipinski definition) is 1. The average Bonchev–Trinajstić information content (AvgIpc) is 2.51. The maximum Gasteiger partial charge on any atom is 0.224 e. The predicted molar refractivity (Wildman–Crippen MR) is 62.1 cm³/mol. The van der Waals surface area contributed by atoms with Gasteiger partial charge in [-0.3, -0.25) is 4.79 Å². The van der Waals surface area contributed by atoms with Gasteiger partial charge in [0.25, 0.3) is 0 Å². The molecule has 2 nitrogen and oxygen atoms in total. The molecule has 0 bridgehead atoms. The average molecular weight is 207 g/mol. The molecule has 0 unspecified atom stereocenters. The molecule has 0 aliphatic heterocycles. The summed E-state index contributed by atoms with van der Waals surface area (Å²) in [7, 11) is 0. The van der Waals surface area contributed by atoms with Crippen molar-refractivity contribution in [3.63, 3.8) is 0 Å². The summed E-state index contributed by atoms with van der Waals surface area (Å²) in [4.78, 5) is 11.8. The van der Waals surface area contributed by atoms with Crippen molar-refractivity contribution in [1.82, 2.24) is 5.32 Å². The monoisotopic (exact) mass is 207 g/mol. The van der Waals surface area contributed by atoms with Gasteiger partial charge in [-0.1, -0.05) is 27.7 Å². The Kier molecular flexibility index (Phi) is 3.13. The lowest BCUT2D eigenvalue weighted by Gasteiger charge is -2.04. The van der Waals surface area contributed by atoms with E-state index in [0.29, 0.717) is 6.54 Å². The Labute approximate surface area is 92.8 Å². The van der Waals surface area contributed by atoms with Crippen LogP contribution in [0.3, 0.4) is 0 Å². The van der Waals surface area contributed by atoms with Crippen LogP contribution in [0.25, 0.3) is 0 Å². The van der Waals surface area contributed by atoms with E-state index in [2.05, 4.69) is 38.9 Å². The van der Waals surface area contributed by atoms with Crippen LogP contribution in [-0.4, -0.2) is 12.5 Å². The van der Waals surface area contributed by atoms with Gasteiger partial charge in [0, 0.05) is 18.9 Å². The van der Waals surface area contributed by atoms with Gasteiger partial charge in [-0.25, -0.2) is 0 Å². The molecule has 1 fully saturated rings. The van der Waals surface area contributed by atoms with Crippen LogP contribution in [0, 0.1) is 29.1 Å². The van der Waals surface area contributed by atoms with Crippen LogP contribution in [0.2, 0.25) is 0 Å². The van der Waals surface area contributed by atoms with Crippen molar-refractivity contribution in [1.29, 1.82) is 0 Å². The van der Waals surface area contributed by atoms with E-state index in [-0.39, 0.29) is 22.7 Å². The standard InChI is InChI=1S/C13H21NO/c1-6-7-8-9-14-11(15)10-12(2,3)13(10,4)5/h1,10H,7-9H2,2-5H3,(H,14,15). The van der Waals surface area contributed by atoms with E-state index in [1.165, 1.54) is 0 Å². The second-order valence-electron chi connectivity index (χ2n) is 5.48. The number of hydrogen-bond donors (Lipinski definition) is 1. The molecule has 0 spiro atoms. The largest absolute Gasteiger partial charge is 0.356 e. The van der Waals surface area contributed by atoms with Gasteiger partial charge in [-0.15, -0.1) is 12.3 Å². The molecule has 15 heavy (non-hydrogen) atoms. The highest BCUT2D eigenvalue weighted by atomic mass is 16.2. The van der Waals surface area contributed by atoms with Gasteiger partial charge in [-0.05, 0) is 17.3 Å². The third-order valence-corrected chi connectivity index (χ3v) is 4.08. The molecule has 1 rings (SSSR count). The van der Waals surface area contributed by atoms with Crippen LogP contribution in [-0.2, 0) is 4.79 Å². The van der Waals surface area contributed by atoms with Crippen molar-refractivity contribution in [2.75, 3.05) is 6.54 Å². The van der Waals surface area contributed by atoms with Crippen LogP contribution in [0.1, 0.15) is 40.5 Å². The fourth-order valence-electron chi connectivity index (χ4n) is 2.36. The smallest absolute Gasteiger partial charge is 0.224 e. The van der Waals surface area contributed by atoms with Crippen LogP contribution in [0.5, 0.6) is 0 Å². The summed E-state index contributed by atoms with van der Waals surface area (Å²) in [5.41, 5.74) is 0.256. The number of nitrogens with one attached hydrogen (secondary N) is 1. The molecule has 2 heteroatoms. The van der Waals surface area contributed by atoms with Gasteiger partial charge >= 0.3 is 0 Å². The van der Waals surface area contributed by atoms with Crippen LogP contribution >= 0.6 is 0 Å². The van der Waals surface area contributed by atoms with E-state index in [1.54, 1.807) is 0 Å². The Morgan fingerprint density at radius 1 is 1.33 bits per heavy atom. The van der Waals surface area contributed by atoms with Gasteiger partial charge in [0.2, 0.25) is 5.91 Å². The maximum atomic E-state index is 11.8. The first-order valence-corrected chi connectivity index (χ1v) is 5.57. The summed E-state index contributed by atoms with van der Waals surface area (Å²) in [6.07, 6.45) is 6.75. The summed E-state index contributed by atoms with van der Waals surface area (Å²) < 4.78 is 0. The Hall–Kier alpha value is -0.970. The van der Waals surface area contributed by atoms with Gasteiger partial charge < -0.3 is 5.32 Å². The van der Waals surface area contributed by atoms with Crippen LogP contribution in [0.4, 0.5) is 0 Å². The highest BCUT2D eigenvalue weighted by Crippen LogP contribution is 2.68. The molecule has 0 radical (unpaired) electrons. The van der Waals surface area contributed by atoms with Crippen molar-refractivity contribution in [3.8, 4) is 12.3 Å². The van der Waals surface area contributed by atoms with Gasteiger partial charge in [-0.2, -0.15) is 0 Å². The quantitative estimate of drug-likeness (QED) is 0.555. The topological polar surface area (TPSA) is 29.1 Å². The number of carbonyl (C=O) groups excluding carboxylic acids is 1. The highest BCUT2D eigenvalue weighted by Gasteiger charge is 2.68. The first-order valence-electron chi connectivity index (χ1n) is 5.57. The van der Waals surface area contributed by atoms with Gasteiger partial charge in [0.1, 0.15) is 0 Å². The second-order valence-corrected chi connectivity index (χ2v) is 5.48. The fourth-order valence-corrected chi connectivity index (χ4v) is 2.36. The zero-order chi connectivity index (χ0) is 11.7. The normalized spacial score (nSPS) is 21.8. The van der Waals surface area contributed by atoms with Crippen molar-refractivity contribution < 1.29 is 4.79 Å². The Morgan fingerprint density at radius 3 is 2.27 bits per heavy atom. The number of carbonyl (C=O) groups is 1. The third kappa shape index (κ3) is 2.02. The van der Waals surface area contributed by atoms with Crippen LogP contribution in [0.15, 0.2) is 0 Å². The van der Waals surface area contributed by atoms with E-state index in [1.807, 2.05) is 0 Å². The lowest BCUT2D eigenvalue weighted by molar-refractivity contribution is -0.123. The fraction of sp³-hybridized carbons (Fsp3) is 0.769. The first-order chi connectivity index (χ1) is 6.85. The summed E-state index contributed by atoms with van der Waals surface area (Å²) in [6, 6.07) is 0. The molecule has 0 aromatic rings. The molecular formula is C13H21NO. The van der Waals surface area contributed by atoms with E-state index in [4.69, 9.17) is 6.42 Å². The molecule has 1 saturated carbocycles. The zero-order valence-corrected chi connectivity index (χ0v) is 10.2. The van der Waals surface area contributed by atoms with Gasteiger partial charge in [0.05, 0.1) is 0 Å². The Bertz CT molecular complexity index is 282. The number of amides is 1. The molecule has 0 aromatic carbocycles. The van der Waals surface area contributed by atoms with Crippen molar-refractivity contribution >= 4 is 5.91 Å². The molecule has 0 heterocycles. The zero-order valence-electron chi connectivity index (χ0n) is 10.2. The summed E-state index contributed by atoms with van der Waals surface area (Å²) in [6.45, 7) is 9.31. The third-order valence-electron chi connectivity index (χ3n) is 4.08. The Morgan fingerprint density at radius 2 is 1.87 bits per heavy atom. The second kappa shape index (κ2) is 3.89. The molecule has 1 aliphatic carbocycles. The summed E-state index contributed by atoms with van der Waals surface area (Å²) in [5, 5.41) is 2.96.